The Hall–Kier alpha value is -2.40. The molecule has 4 rings (SSSR count). The van der Waals surface area contributed by atoms with E-state index in [9.17, 15) is 4.79 Å². The van der Waals surface area contributed by atoms with E-state index in [2.05, 4.69) is 39.2 Å². The van der Waals surface area contributed by atoms with Crippen LogP contribution in [0.4, 0.5) is 11.5 Å². The fourth-order valence-electron chi connectivity index (χ4n) is 4.27. The molecule has 28 heavy (non-hydrogen) atoms. The Kier molecular flexibility index (Phi) is 5.91. The van der Waals surface area contributed by atoms with Gasteiger partial charge in [-0.2, -0.15) is 0 Å². The van der Waals surface area contributed by atoms with E-state index in [1.807, 2.05) is 24.3 Å². The molecule has 2 saturated heterocycles. The van der Waals surface area contributed by atoms with Crippen molar-refractivity contribution in [1.29, 1.82) is 0 Å². The number of nitrogens with one attached hydrogen (secondary N) is 1. The minimum Gasteiger partial charge on any atom is -0.356 e. The van der Waals surface area contributed by atoms with E-state index >= 15 is 0 Å². The average molecular weight is 379 g/mol. The van der Waals surface area contributed by atoms with Crippen LogP contribution >= 0.6 is 0 Å². The Balaban J connectivity index is 1.41. The first-order valence-corrected chi connectivity index (χ1v) is 10.5. The van der Waals surface area contributed by atoms with Gasteiger partial charge in [-0.25, -0.2) is 4.98 Å². The van der Waals surface area contributed by atoms with Crippen LogP contribution in [0.15, 0.2) is 42.6 Å². The Bertz CT molecular complexity index is 799. The number of likely N-dealkylation sites (tertiary alicyclic amines) is 1. The first-order chi connectivity index (χ1) is 13.7. The average Bonchev–Trinajstić information content (AvgIpc) is 3.26. The molecule has 5 heteroatoms. The maximum Gasteiger partial charge on any atom is 0.259 e. The van der Waals surface area contributed by atoms with Gasteiger partial charge in [0.15, 0.2) is 0 Å². The van der Waals surface area contributed by atoms with Crippen molar-refractivity contribution in [3.05, 3.63) is 53.7 Å². The largest absolute Gasteiger partial charge is 0.356 e. The van der Waals surface area contributed by atoms with Crippen molar-refractivity contribution in [1.82, 2.24) is 9.88 Å². The van der Waals surface area contributed by atoms with Crippen LogP contribution in [0, 0.1) is 0 Å². The molecule has 2 aromatic rings. The zero-order chi connectivity index (χ0) is 19.3. The van der Waals surface area contributed by atoms with Crippen molar-refractivity contribution < 1.29 is 4.79 Å². The van der Waals surface area contributed by atoms with Crippen molar-refractivity contribution in [3.8, 4) is 0 Å². The second-order valence-electron chi connectivity index (χ2n) is 8.04. The first-order valence-electron chi connectivity index (χ1n) is 10.5. The Morgan fingerprint density at radius 2 is 1.82 bits per heavy atom. The quantitative estimate of drug-likeness (QED) is 0.842. The summed E-state index contributed by atoms with van der Waals surface area (Å²) in [4.78, 5) is 22.1. The molecule has 2 aliphatic heterocycles. The van der Waals surface area contributed by atoms with Gasteiger partial charge in [-0.3, -0.25) is 9.69 Å². The predicted octanol–water partition coefficient (Wildman–Crippen LogP) is 4.31. The Labute approximate surface area is 167 Å². The van der Waals surface area contributed by atoms with Gasteiger partial charge in [0.2, 0.25) is 0 Å². The van der Waals surface area contributed by atoms with Crippen LogP contribution < -0.4 is 10.2 Å². The van der Waals surface area contributed by atoms with E-state index in [0.29, 0.717) is 11.6 Å². The zero-order valence-electron chi connectivity index (χ0n) is 16.7. The van der Waals surface area contributed by atoms with Gasteiger partial charge in [0, 0.05) is 37.6 Å². The lowest BCUT2D eigenvalue weighted by Gasteiger charge is -2.33. The van der Waals surface area contributed by atoms with Gasteiger partial charge in [0.25, 0.3) is 5.91 Å². The summed E-state index contributed by atoms with van der Waals surface area (Å²) in [6.45, 7) is 6.43. The Morgan fingerprint density at radius 1 is 1.07 bits per heavy atom. The zero-order valence-corrected chi connectivity index (χ0v) is 16.7. The molecule has 1 amide bonds. The minimum atomic E-state index is -0.0904. The fraction of sp³-hybridized carbons (Fsp3) is 0.478. The van der Waals surface area contributed by atoms with Crippen LogP contribution in [-0.2, 0) is 6.54 Å². The number of hydrogen-bond donors (Lipinski definition) is 1. The molecule has 0 bridgehead atoms. The third-order valence-corrected chi connectivity index (χ3v) is 5.97. The molecule has 0 spiro atoms. The van der Waals surface area contributed by atoms with Crippen LogP contribution in [0.2, 0.25) is 0 Å². The van der Waals surface area contributed by atoms with E-state index < -0.39 is 0 Å². The molecule has 1 aromatic heterocycles. The summed E-state index contributed by atoms with van der Waals surface area (Å²) in [7, 11) is 0. The number of amides is 1. The summed E-state index contributed by atoms with van der Waals surface area (Å²) in [6, 6.07) is 12.6. The van der Waals surface area contributed by atoms with E-state index in [1.165, 1.54) is 31.4 Å². The lowest BCUT2D eigenvalue weighted by atomic mass is 10.0. The molecule has 3 heterocycles. The van der Waals surface area contributed by atoms with Gasteiger partial charge in [0.1, 0.15) is 5.82 Å². The van der Waals surface area contributed by atoms with E-state index in [4.69, 9.17) is 0 Å². The van der Waals surface area contributed by atoms with Gasteiger partial charge >= 0.3 is 0 Å². The standard InChI is InChI=1S/C23H30N4O/c1-18-7-2-3-16-27(18)17-19-9-11-20(12-10-19)25-23(28)21-8-6-13-24-22(21)26-14-4-5-15-26/h6,8-13,18H,2-5,7,14-17H2,1H3,(H,25,28). The lowest BCUT2D eigenvalue weighted by Crippen LogP contribution is -2.36. The van der Waals surface area contributed by atoms with Crippen molar-refractivity contribution >= 4 is 17.4 Å². The predicted molar refractivity (Wildman–Crippen MR) is 114 cm³/mol. The summed E-state index contributed by atoms with van der Waals surface area (Å²) in [5, 5.41) is 3.04. The molecule has 2 fully saturated rings. The smallest absolute Gasteiger partial charge is 0.259 e. The number of carbonyl (C=O) groups excluding carboxylic acids is 1. The number of piperidine rings is 1. The molecule has 1 N–H and O–H groups in total. The molecule has 0 radical (unpaired) electrons. The van der Waals surface area contributed by atoms with Gasteiger partial charge in [-0.1, -0.05) is 18.6 Å². The Morgan fingerprint density at radius 3 is 2.57 bits per heavy atom. The normalized spacial score (nSPS) is 20.3. The molecule has 0 aliphatic carbocycles. The highest BCUT2D eigenvalue weighted by Crippen LogP contribution is 2.24. The fourth-order valence-corrected chi connectivity index (χ4v) is 4.27. The lowest BCUT2D eigenvalue weighted by molar-refractivity contribution is 0.102. The van der Waals surface area contributed by atoms with Crippen LogP contribution in [0.1, 0.15) is 54.9 Å². The van der Waals surface area contributed by atoms with Crippen molar-refractivity contribution in [2.24, 2.45) is 0 Å². The summed E-state index contributed by atoms with van der Waals surface area (Å²) in [5.41, 5.74) is 2.78. The number of anilines is 2. The number of pyridine rings is 1. The summed E-state index contributed by atoms with van der Waals surface area (Å²) in [6.07, 6.45) is 8.02. The molecule has 5 nitrogen and oxygen atoms in total. The van der Waals surface area contributed by atoms with E-state index in [1.54, 1.807) is 6.20 Å². The van der Waals surface area contributed by atoms with Gasteiger partial charge in [-0.15, -0.1) is 0 Å². The molecule has 148 valence electrons. The maximum absolute atomic E-state index is 12.9. The van der Waals surface area contributed by atoms with Crippen LogP contribution in [0.5, 0.6) is 0 Å². The number of nitrogens with zero attached hydrogens (tertiary/aromatic N) is 3. The van der Waals surface area contributed by atoms with E-state index in [0.717, 1.165) is 44.0 Å². The second kappa shape index (κ2) is 8.74. The van der Waals surface area contributed by atoms with Gasteiger partial charge in [0.05, 0.1) is 5.56 Å². The van der Waals surface area contributed by atoms with Crippen LogP contribution in [0.3, 0.4) is 0 Å². The molecular weight excluding hydrogens is 348 g/mol. The highest BCUT2D eigenvalue weighted by atomic mass is 16.1. The molecule has 2 aliphatic rings. The number of carbonyl (C=O) groups is 1. The monoisotopic (exact) mass is 378 g/mol. The topological polar surface area (TPSA) is 48.5 Å². The highest BCUT2D eigenvalue weighted by molar-refractivity contribution is 6.07. The third kappa shape index (κ3) is 4.36. The molecular formula is C23H30N4O. The van der Waals surface area contributed by atoms with Crippen LogP contribution in [-0.4, -0.2) is 41.5 Å². The maximum atomic E-state index is 12.9. The number of hydrogen-bond acceptors (Lipinski definition) is 4. The second-order valence-corrected chi connectivity index (χ2v) is 8.04. The molecule has 0 saturated carbocycles. The highest BCUT2D eigenvalue weighted by Gasteiger charge is 2.21. The van der Waals surface area contributed by atoms with Crippen LogP contribution in [0.25, 0.3) is 0 Å². The summed E-state index contributed by atoms with van der Waals surface area (Å²) in [5.74, 6) is 0.709. The molecule has 1 aromatic carbocycles. The third-order valence-electron chi connectivity index (χ3n) is 5.97. The summed E-state index contributed by atoms with van der Waals surface area (Å²) >= 11 is 0. The van der Waals surface area contributed by atoms with Crippen molar-refractivity contribution in [2.45, 2.75) is 51.6 Å². The number of aromatic nitrogens is 1. The minimum absolute atomic E-state index is 0.0904. The molecule has 1 unspecified atom stereocenters. The van der Waals surface area contributed by atoms with E-state index in [-0.39, 0.29) is 5.91 Å². The van der Waals surface area contributed by atoms with Crippen molar-refractivity contribution in [3.63, 3.8) is 0 Å². The number of benzene rings is 1. The number of rotatable bonds is 5. The van der Waals surface area contributed by atoms with Gasteiger partial charge in [-0.05, 0) is 69.0 Å². The summed E-state index contributed by atoms with van der Waals surface area (Å²) < 4.78 is 0. The first kappa shape index (κ1) is 18.9. The van der Waals surface area contributed by atoms with Crippen molar-refractivity contribution in [2.75, 3.05) is 29.9 Å². The molecule has 1 atom stereocenters. The van der Waals surface area contributed by atoms with Gasteiger partial charge < -0.3 is 10.2 Å². The SMILES string of the molecule is CC1CCCCN1Cc1ccc(NC(=O)c2cccnc2N2CCCC2)cc1.